The molecule has 0 aromatic heterocycles. The summed E-state index contributed by atoms with van der Waals surface area (Å²) in [5.41, 5.74) is 1.70. The molecule has 4 heteroatoms. The first-order valence-electron chi connectivity index (χ1n) is 8.09. The van der Waals surface area contributed by atoms with Gasteiger partial charge in [-0.1, -0.05) is 19.8 Å². The number of carbonyl (C=O) groups is 1. The van der Waals surface area contributed by atoms with Gasteiger partial charge in [0.2, 0.25) is 0 Å². The minimum Gasteiger partial charge on any atom is -0.490 e. The van der Waals surface area contributed by atoms with Crippen molar-refractivity contribution < 1.29 is 9.53 Å². The molecule has 3 rings (SSSR count). The molecule has 0 spiro atoms. The second kappa shape index (κ2) is 6.48. The van der Waals surface area contributed by atoms with Crippen molar-refractivity contribution in [3.63, 3.8) is 0 Å². The number of anilines is 1. The third-order valence-corrected chi connectivity index (χ3v) is 4.46. The number of ketones is 1. The molecule has 4 nitrogen and oxygen atoms in total. The lowest BCUT2D eigenvalue weighted by molar-refractivity contribution is 0.0933. The normalized spacial score (nSPS) is 19.5. The van der Waals surface area contributed by atoms with Gasteiger partial charge in [0.1, 0.15) is 12.4 Å². The molecule has 1 aromatic rings. The molecule has 1 aliphatic carbocycles. The van der Waals surface area contributed by atoms with Crippen molar-refractivity contribution in [2.24, 2.45) is 0 Å². The summed E-state index contributed by atoms with van der Waals surface area (Å²) in [6.45, 7) is 3.55. The van der Waals surface area contributed by atoms with E-state index in [0.29, 0.717) is 12.6 Å². The maximum Gasteiger partial charge on any atom is 0.179 e. The molecule has 1 fully saturated rings. The van der Waals surface area contributed by atoms with Crippen LogP contribution in [0.2, 0.25) is 0 Å². The van der Waals surface area contributed by atoms with E-state index in [4.69, 9.17) is 4.74 Å². The fraction of sp³-hybridized carbons (Fsp3) is 0.588. The van der Waals surface area contributed by atoms with Crippen LogP contribution in [0.3, 0.4) is 0 Å². The van der Waals surface area contributed by atoms with Crippen molar-refractivity contribution in [2.75, 3.05) is 18.5 Å². The summed E-state index contributed by atoms with van der Waals surface area (Å²) < 4.78 is 5.56. The Hall–Kier alpha value is -1.55. The Morgan fingerprint density at radius 1 is 1.43 bits per heavy atom. The van der Waals surface area contributed by atoms with Crippen LogP contribution in [-0.2, 0) is 0 Å². The van der Waals surface area contributed by atoms with E-state index >= 15 is 0 Å². The summed E-state index contributed by atoms with van der Waals surface area (Å²) in [6.07, 6.45) is 5.79. The quantitative estimate of drug-likeness (QED) is 0.818. The zero-order valence-electron chi connectivity index (χ0n) is 12.7. The maximum absolute atomic E-state index is 12.7. The average Bonchev–Trinajstić information content (AvgIpc) is 3.04. The molecular weight excluding hydrogens is 264 g/mol. The topological polar surface area (TPSA) is 50.4 Å². The van der Waals surface area contributed by atoms with Crippen molar-refractivity contribution >= 4 is 11.5 Å². The number of hydrogen-bond donors (Lipinski definition) is 2. The fourth-order valence-electron chi connectivity index (χ4n) is 3.25. The van der Waals surface area contributed by atoms with Gasteiger partial charge in [-0.15, -0.1) is 0 Å². The fourth-order valence-corrected chi connectivity index (χ4v) is 3.25. The number of Topliss-reactive ketones (excluding diaryl/α,β-unsaturated/α-hetero) is 1. The van der Waals surface area contributed by atoms with Crippen LogP contribution in [0.4, 0.5) is 5.69 Å². The molecule has 0 amide bonds. The Balaban J connectivity index is 1.73. The van der Waals surface area contributed by atoms with Crippen LogP contribution < -0.4 is 15.4 Å². The van der Waals surface area contributed by atoms with E-state index in [0.717, 1.165) is 30.0 Å². The van der Waals surface area contributed by atoms with Gasteiger partial charge in [0.15, 0.2) is 5.78 Å². The van der Waals surface area contributed by atoms with Gasteiger partial charge >= 0.3 is 0 Å². The van der Waals surface area contributed by atoms with Gasteiger partial charge in [-0.05, 0) is 37.5 Å². The minimum atomic E-state index is -0.0735. The SMILES string of the molecule is CCC(NC1CCCC1)C(=O)c1ccc2c(c1)NCCO2. The lowest BCUT2D eigenvalue weighted by Gasteiger charge is -2.23. The van der Waals surface area contributed by atoms with Crippen LogP contribution >= 0.6 is 0 Å². The molecule has 2 aliphatic rings. The van der Waals surface area contributed by atoms with Crippen LogP contribution in [0.15, 0.2) is 18.2 Å². The van der Waals surface area contributed by atoms with Gasteiger partial charge in [0, 0.05) is 18.2 Å². The number of nitrogens with one attached hydrogen (secondary N) is 2. The highest BCUT2D eigenvalue weighted by molar-refractivity contribution is 6.01. The largest absolute Gasteiger partial charge is 0.490 e. The number of ether oxygens (including phenoxy) is 1. The van der Waals surface area contributed by atoms with Gasteiger partial charge in [-0.25, -0.2) is 0 Å². The highest BCUT2D eigenvalue weighted by atomic mass is 16.5. The Kier molecular flexibility index (Phi) is 4.44. The lowest BCUT2D eigenvalue weighted by Crippen LogP contribution is -2.41. The summed E-state index contributed by atoms with van der Waals surface area (Å²) in [5, 5.41) is 6.83. The molecule has 2 N–H and O–H groups in total. The van der Waals surface area contributed by atoms with Gasteiger partial charge in [-0.2, -0.15) is 0 Å². The summed E-state index contributed by atoms with van der Waals surface area (Å²) in [6, 6.07) is 6.15. The molecule has 1 atom stereocenters. The molecule has 0 radical (unpaired) electrons. The second-order valence-electron chi connectivity index (χ2n) is 5.96. The minimum absolute atomic E-state index is 0.0735. The van der Waals surface area contributed by atoms with E-state index in [2.05, 4.69) is 17.6 Å². The first-order chi connectivity index (χ1) is 10.3. The number of fused-ring (bicyclic) bond motifs is 1. The van der Waals surface area contributed by atoms with Gasteiger partial charge in [0.25, 0.3) is 0 Å². The van der Waals surface area contributed by atoms with E-state index in [1.165, 1.54) is 25.7 Å². The Morgan fingerprint density at radius 2 is 2.24 bits per heavy atom. The molecular formula is C17H24N2O2. The van der Waals surface area contributed by atoms with Gasteiger partial charge in [-0.3, -0.25) is 4.79 Å². The van der Waals surface area contributed by atoms with Crippen molar-refractivity contribution in [1.29, 1.82) is 0 Å². The van der Waals surface area contributed by atoms with E-state index in [9.17, 15) is 4.79 Å². The van der Waals surface area contributed by atoms with Crippen molar-refractivity contribution in [3.05, 3.63) is 23.8 Å². The van der Waals surface area contributed by atoms with Crippen molar-refractivity contribution in [1.82, 2.24) is 5.32 Å². The van der Waals surface area contributed by atoms with Crippen LogP contribution in [0.25, 0.3) is 0 Å². The molecule has 1 unspecified atom stereocenters. The molecule has 0 saturated heterocycles. The summed E-state index contributed by atoms with van der Waals surface area (Å²) in [7, 11) is 0. The van der Waals surface area contributed by atoms with E-state index in [1.54, 1.807) is 0 Å². The zero-order chi connectivity index (χ0) is 14.7. The third-order valence-electron chi connectivity index (χ3n) is 4.46. The average molecular weight is 288 g/mol. The highest BCUT2D eigenvalue weighted by Gasteiger charge is 2.24. The summed E-state index contributed by atoms with van der Waals surface area (Å²) in [5.74, 6) is 1.04. The predicted molar refractivity (Wildman–Crippen MR) is 84.2 cm³/mol. The number of benzene rings is 1. The van der Waals surface area contributed by atoms with E-state index in [-0.39, 0.29) is 11.8 Å². The van der Waals surface area contributed by atoms with Crippen LogP contribution in [-0.4, -0.2) is 31.0 Å². The number of hydrogen-bond acceptors (Lipinski definition) is 4. The second-order valence-corrected chi connectivity index (χ2v) is 5.96. The molecule has 21 heavy (non-hydrogen) atoms. The van der Waals surface area contributed by atoms with Gasteiger partial charge in [0.05, 0.1) is 11.7 Å². The Labute approximate surface area is 126 Å². The van der Waals surface area contributed by atoms with Gasteiger partial charge < -0.3 is 15.4 Å². The molecule has 1 aliphatic heterocycles. The monoisotopic (exact) mass is 288 g/mol. The molecule has 0 bridgehead atoms. The molecule has 1 saturated carbocycles. The maximum atomic E-state index is 12.7. The summed E-state index contributed by atoms with van der Waals surface area (Å²) in [4.78, 5) is 12.7. The Bertz CT molecular complexity index is 510. The smallest absolute Gasteiger partial charge is 0.179 e. The van der Waals surface area contributed by atoms with E-state index < -0.39 is 0 Å². The molecule has 114 valence electrons. The van der Waals surface area contributed by atoms with Crippen molar-refractivity contribution in [2.45, 2.75) is 51.1 Å². The van der Waals surface area contributed by atoms with Crippen LogP contribution in [0, 0.1) is 0 Å². The number of carbonyl (C=O) groups excluding carboxylic acids is 1. The third kappa shape index (κ3) is 3.21. The lowest BCUT2D eigenvalue weighted by atomic mass is 10.00. The molecule has 1 aromatic carbocycles. The molecule has 1 heterocycles. The van der Waals surface area contributed by atoms with Crippen LogP contribution in [0.1, 0.15) is 49.4 Å². The zero-order valence-corrected chi connectivity index (χ0v) is 12.7. The number of rotatable bonds is 5. The van der Waals surface area contributed by atoms with Crippen LogP contribution in [0.5, 0.6) is 5.75 Å². The van der Waals surface area contributed by atoms with E-state index in [1.807, 2.05) is 18.2 Å². The predicted octanol–water partition coefficient (Wildman–Crippen LogP) is 2.98. The summed E-state index contributed by atoms with van der Waals surface area (Å²) >= 11 is 0. The highest BCUT2D eigenvalue weighted by Crippen LogP contribution is 2.29. The van der Waals surface area contributed by atoms with Crippen molar-refractivity contribution in [3.8, 4) is 5.75 Å². The first kappa shape index (κ1) is 14.4. The first-order valence-corrected chi connectivity index (χ1v) is 8.09. The standard InChI is InChI=1S/C17H24N2O2/c1-2-14(19-13-5-3-4-6-13)17(20)12-7-8-16-15(11-12)18-9-10-21-16/h7-8,11,13-14,18-19H,2-6,9-10H2,1H3. The Morgan fingerprint density at radius 3 is 3.00 bits per heavy atom.